The molecule has 1 aliphatic rings. The first-order valence-corrected chi connectivity index (χ1v) is 11.0. The second kappa shape index (κ2) is 8.88. The van der Waals surface area contributed by atoms with Gasteiger partial charge in [0.05, 0.1) is 21.9 Å². The predicted molar refractivity (Wildman–Crippen MR) is 129 cm³/mol. The Morgan fingerprint density at radius 1 is 1.09 bits per heavy atom. The molecular formula is C26H24N4O3. The average molecular weight is 441 g/mol. The maximum Gasteiger partial charge on any atom is 0.270 e. The lowest BCUT2D eigenvalue weighted by Gasteiger charge is -2.10. The van der Waals surface area contributed by atoms with E-state index >= 15 is 0 Å². The number of aromatic nitrogens is 1. The summed E-state index contributed by atoms with van der Waals surface area (Å²) in [4.78, 5) is 18.7. The fraction of sp³-hybridized carbons (Fsp3) is 0.192. The van der Waals surface area contributed by atoms with Crippen molar-refractivity contribution in [2.45, 2.75) is 12.8 Å². The molecule has 1 aromatic heterocycles. The van der Waals surface area contributed by atoms with Gasteiger partial charge in [0.1, 0.15) is 0 Å². The Bertz CT molecular complexity index is 1320. The van der Waals surface area contributed by atoms with E-state index in [2.05, 4.69) is 22.4 Å². The number of non-ortho nitro benzene ring substituents is 1. The van der Waals surface area contributed by atoms with Gasteiger partial charge in [0.2, 0.25) is 0 Å². The number of aromatic hydroxyl groups is 1. The van der Waals surface area contributed by atoms with Crippen molar-refractivity contribution in [3.05, 3.63) is 99.6 Å². The number of nitrogens with zero attached hydrogens (tertiary/aromatic N) is 2. The normalized spacial score (nSPS) is 16.4. The summed E-state index contributed by atoms with van der Waals surface area (Å²) in [5.41, 5.74) is 4.39. The number of hydrogen-bond donors (Lipinski definition) is 3. The number of benzene rings is 3. The van der Waals surface area contributed by atoms with Crippen molar-refractivity contribution in [3.8, 4) is 5.88 Å². The van der Waals surface area contributed by atoms with Gasteiger partial charge < -0.3 is 15.4 Å². The maximum absolute atomic E-state index is 11.3. The molecule has 0 bridgehead atoms. The highest BCUT2D eigenvalue weighted by Gasteiger charge is 2.21. The van der Waals surface area contributed by atoms with Gasteiger partial charge >= 0.3 is 0 Å². The van der Waals surface area contributed by atoms with Crippen molar-refractivity contribution in [3.63, 3.8) is 0 Å². The summed E-state index contributed by atoms with van der Waals surface area (Å²) in [6.45, 7) is 2.14. The molecule has 7 heteroatoms. The molecule has 7 nitrogen and oxygen atoms in total. The summed E-state index contributed by atoms with van der Waals surface area (Å²) in [6.07, 6.45) is 2.24. The molecule has 2 heterocycles. The van der Waals surface area contributed by atoms with E-state index in [9.17, 15) is 15.2 Å². The van der Waals surface area contributed by atoms with Crippen LogP contribution in [-0.4, -0.2) is 33.8 Å². The SMILES string of the molecule is O=[N+]([O-])c1ccc2[nH]c(O)c(C(=Nc3ccc(CC4CCNC4)cc3)c3ccccc3)c2c1. The number of rotatable bonds is 6. The molecule has 166 valence electrons. The van der Waals surface area contributed by atoms with E-state index in [0.29, 0.717) is 28.1 Å². The summed E-state index contributed by atoms with van der Waals surface area (Å²) in [6, 6.07) is 22.2. The van der Waals surface area contributed by atoms with Crippen molar-refractivity contribution in [1.82, 2.24) is 10.3 Å². The van der Waals surface area contributed by atoms with Crippen LogP contribution in [0.15, 0.2) is 77.8 Å². The van der Waals surface area contributed by atoms with E-state index < -0.39 is 4.92 Å². The summed E-state index contributed by atoms with van der Waals surface area (Å²) in [5.74, 6) is 0.594. The van der Waals surface area contributed by atoms with Gasteiger partial charge in [-0.05, 0) is 55.6 Å². The number of nitrogens with one attached hydrogen (secondary N) is 2. The highest BCUT2D eigenvalue weighted by Crippen LogP contribution is 2.33. The van der Waals surface area contributed by atoms with Crippen LogP contribution in [0.4, 0.5) is 11.4 Å². The molecule has 33 heavy (non-hydrogen) atoms. The third-order valence-corrected chi connectivity index (χ3v) is 6.12. The highest BCUT2D eigenvalue weighted by molar-refractivity contribution is 6.22. The molecule has 1 atom stereocenters. The zero-order valence-electron chi connectivity index (χ0n) is 18.0. The Hall–Kier alpha value is -3.97. The molecule has 3 aromatic carbocycles. The Morgan fingerprint density at radius 2 is 1.88 bits per heavy atom. The lowest BCUT2D eigenvalue weighted by molar-refractivity contribution is -0.384. The van der Waals surface area contributed by atoms with Gasteiger partial charge in [-0.2, -0.15) is 0 Å². The fourth-order valence-corrected chi connectivity index (χ4v) is 4.44. The minimum absolute atomic E-state index is 0.0408. The fourth-order valence-electron chi connectivity index (χ4n) is 4.44. The maximum atomic E-state index is 11.3. The predicted octanol–water partition coefficient (Wildman–Crippen LogP) is 5.10. The molecule has 1 unspecified atom stereocenters. The minimum atomic E-state index is -0.439. The number of nitro benzene ring substituents is 1. The Labute approximate surface area is 191 Å². The molecule has 0 amide bonds. The molecule has 0 saturated carbocycles. The summed E-state index contributed by atoms with van der Waals surface area (Å²) in [7, 11) is 0. The summed E-state index contributed by atoms with van der Waals surface area (Å²) in [5, 5.41) is 26.1. The molecule has 4 aromatic rings. The van der Waals surface area contributed by atoms with Gasteiger partial charge in [0.25, 0.3) is 5.69 Å². The van der Waals surface area contributed by atoms with Crippen molar-refractivity contribution in [1.29, 1.82) is 0 Å². The van der Waals surface area contributed by atoms with Gasteiger partial charge in [-0.1, -0.05) is 42.5 Å². The molecule has 1 saturated heterocycles. The zero-order chi connectivity index (χ0) is 22.8. The first kappa shape index (κ1) is 20.9. The van der Waals surface area contributed by atoms with Crippen LogP contribution in [0.3, 0.4) is 0 Å². The molecule has 1 aliphatic heterocycles. The summed E-state index contributed by atoms with van der Waals surface area (Å²) >= 11 is 0. The number of H-pyrrole nitrogens is 1. The average Bonchev–Trinajstić information content (AvgIpc) is 3.45. The van der Waals surface area contributed by atoms with Crippen LogP contribution < -0.4 is 5.32 Å². The van der Waals surface area contributed by atoms with Crippen LogP contribution in [0.1, 0.15) is 23.1 Å². The van der Waals surface area contributed by atoms with Crippen LogP contribution >= 0.6 is 0 Å². The van der Waals surface area contributed by atoms with E-state index in [4.69, 9.17) is 4.99 Å². The van der Waals surface area contributed by atoms with Crippen LogP contribution in [0, 0.1) is 16.0 Å². The van der Waals surface area contributed by atoms with Crippen molar-refractivity contribution < 1.29 is 10.0 Å². The zero-order valence-corrected chi connectivity index (χ0v) is 18.0. The minimum Gasteiger partial charge on any atom is -0.494 e. The van der Waals surface area contributed by atoms with Gasteiger partial charge in [-0.3, -0.25) is 10.1 Å². The third kappa shape index (κ3) is 4.36. The van der Waals surface area contributed by atoms with E-state index in [1.54, 1.807) is 6.07 Å². The first-order chi connectivity index (χ1) is 16.1. The number of fused-ring (bicyclic) bond motifs is 1. The topological polar surface area (TPSA) is 104 Å². The Balaban J connectivity index is 1.59. The van der Waals surface area contributed by atoms with Crippen LogP contribution in [0.5, 0.6) is 5.88 Å². The Kier molecular flexibility index (Phi) is 5.62. The van der Waals surface area contributed by atoms with Crippen molar-refractivity contribution in [2.24, 2.45) is 10.9 Å². The number of aliphatic imine (C=N–C) groups is 1. The lowest BCUT2D eigenvalue weighted by Crippen LogP contribution is -2.10. The quantitative estimate of drug-likeness (QED) is 0.220. The number of aromatic amines is 1. The van der Waals surface area contributed by atoms with Gasteiger partial charge in [-0.25, -0.2) is 4.99 Å². The highest BCUT2D eigenvalue weighted by atomic mass is 16.6. The summed E-state index contributed by atoms with van der Waals surface area (Å²) < 4.78 is 0. The van der Waals surface area contributed by atoms with Crippen LogP contribution in [0.25, 0.3) is 10.9 Å². The van der Waals surface area contributed by atoms with Gasteiger partial charge in [-0.15, -0.1) is 0 Å². The smallest absolute Gasteiger partial charge is 0.270 e. The molecule has 3 N–H and O–H groups in total. The number of hydrogen-bond acceptors (Lipinski definition) is 5. The second-order valence-corrected chi connectivity index (χ2v) is 8.39. The molecule has 1 fully saturated rings. The van der Waals surface area contributed by atoms with Gasteiger partial charge in [0, 0.05) is 28.6 Å². The Morgan fingerprint density at radius 3 is 2.58 bits per heavy atom. The van der Waals surface area contributed by atoms with Crippen LogP contribution in [0.2, 0.25) is 0 Å². The molecular weight excluding hydrogens is 416 g/mol. The third-order valence-electron chi connectivity index (χ3n) is 6.12. The van der Waals surface area contributed by atoms with E-state index in [1.807, 2.05) is 42.5 Å². The number of nitro groups is 1. The monoisotopic (exact) mass is 440 g/mol. The van der Waals surface area contributed by atoms with Crippen LogP contribution in [-0.2, 0) is 6.42 Å². The van der Waals surface area contributed by atoms with Crippen molar-refractivity contribution >= 4 is 28.0 Å². The van der Waals surface area contributed by atoms with E-state index in [0.717, 1.165) is 30.8 Å². The molecule has 0 radical (unpaired) electrons. The van der Waals surface area contributed by atoms with E-state index in [1.165, 1.54) is 24.1 Å². The van der Waals surface area contributed by atoms with Crippen molar-refractivity contribution in [2.75, 3.05) is 13.1 Å². The van der Waals surface area contributed by atoms with Gasteiger partial charge in [0.15, 0.2) is 5.88 Å². The van der Waals surface area contributed by atoms with E-state index in [-0.39, 0.29) is 11.6 Å². The first-order valence-electron chi connectivity index (χ1n) is 11.0. The molecule has 5 rings (SSSR count). The lowest BCUT2D eigenvalue weighted by atomic mass is 9.98. The molecule has 0 aliphatic carbocycles. The largest absolute Gasteiger partial charge is 0.494 e. The second-order valence-electron chi connectivity index (χ2n) is 8.39. The standard InChI is InChI=1S/C26H24N4O3/c31-26-24(22-15-21(30(32)33)10-11-23(22)29-26)25(19-4-2-1-3-5-19)28-20-8-6-17(7-9-20)14-18-12-13-27-16-18/h1-11,15,18,27,29,31H,12-14,16H2. The molecule has 0 spiro atoms.